The van der Waals surface area contributed by atoms with Crippen LogP contribution in [0, 0.1) is 0 Å². The Morgan fingerprint density at radius 3 is 2.70 bits per heavy atom. The van der Waals surface area contributed by atoms with Gasteiger partial charge in [-0.3, -0.25) is 9.88 Å². The maximum Gasteiger partial charge on any atom is 0.191 e. The molecule has 0 aromatic carbocycles. The van der Waals surface area contributed by atoms with Gasteiger partial charge in [0.1, 0.15) is 5.76 Å². The van der Waals surface area contributed by atoms with Crippen molar-refractivity contribution >= 4 is 29.9 Å². The van der Waals surface area contributed by atoms with Crippen molar-refractivity contribution in [3.63, 3.8) is 0 Å². The fraction of sp³-hybridized carbons (Fsp3) is 0.474. The summed E-state index contributed by atoms with van der Waals surface area (Å²) in [6.45, 7) is 6.76. The lowest BCUT2D eigenvalue weighted by Gasteiger charge is -2.26. The number of morpholine rings is 1. The van der Waals surface area contributed by atoms with Gasteiger partial charge in [-0.2, -0.15) is 0 Å². The van der Waals surface area contributed by atoms with Gasteiger partial charge in [0.25, 0.3) is 0 Å². The number of hydrogen-bond donors (Lipinski definition) is 2. The predicted molar refractivity (Wildman–Crippen MR) is 116 cm³/mol. The average Bonchev–Trinajstić information content (AvgIpc) is 3.21. The molecule has 2 aromatic heterocycles. The average molecular weight is 485 g/mol. The van der Waals surface area contributed by atoms with Gasteiger partial charge in [-0.1, -0.05) is 6.07 Å². The Balaban J connectivity index is 0.00000261. The first-order valence-corrected chi connectivity index (χ1v) is 9.15. The van der Waals surface area contributed by atoms with Crippen molar-refractivity contribution in [1.82, 2.24) is 20.5 Å². The Morgan fingerprint density at radius 2 is 1.96 bits per heavy atom. The number of halogens is 1. The van der Waals surface area contributed by atoms with Gasteiger partial charge in [-0.15, -0.1) is 24.0 Å². The summed E-state index contributed by atoms with van der Waals surface area (Å²) in [5, 5.41) is 6.79. The number of furan rings is 1. The molecule has 0 spiro atoms. The zero-order valence-corrected chi connectivity index (χ0v) is 17.8. The molecular weight excluding hydrogens is 457 g/mol. The molecule has 1 saturated heterocycles. The maximum atomic E-state index is 5.39. The summed E-state index contributed by atoms with van der Waals surface area (Å²) in [5.74, 6) is 1.77. The molecule has 0 radical (unpaired) electrons. The molecule has 8 heteroatoms. The van der Waals surface area contributed by atoms with Crippen LogP contribution < -0.4 is 10.6 Å². The monoisotopic (exact) mass is 485 g/mol. The molecule has 0 saturated carbocycles. The van der Waals surface area contributed by atoms with Crippen LogP contribution in [-0.4, -0.2) is 61.8 Å². The molecule has 1 aliphatic heterocycles. The van der Waals surface area contributed by atoms with E-state index in [1.807, 2.05) is 30.3 Å². The first-order valence-electron chi connectivity index (χ1n) is 9.15. The first-order chi connectivity index (χ1) is 12.9. The Morgan fingerprint density at radius 1 is 1.11 bits per heavy atom. The van der Waals surface area contributed by atoms with E-state index in [0.717, 1.165) is 69.8 Å². The predicted octanol–water partition coefficient (Wildman–Crippen LogP) is 1.90. The quantitative estimate of drug-likeness (QED) is 0.338. The van der Waals surface area contributed by atoms with Gasteiger partial charge in [0.15, 0.2) is 5.96 Å². The lowest BCUT2D eigenvalue weighted by atomic mass is 10.3. The van der Waals surface area contributed by atoms with Gasteiger partial charge in [0.2, 0.25) is 0 Å². The smallest absolute Gasteiger partial charge is 0.191 e. The van der Waals surface area contributed by atoms with E-state index in [-0.39, 0.29) is 24.0 Å². The van der Waals surface area contributed by atoms with Crippen LogP contribution in [0.2, 0.25) is 0 Å². The van der Waals surface area contributed by atoms with E-state index in [0.29, 0.717) is 6.54 Å². The van der Waals surface area contributed by atoms with Crippen LogP contribution in [0.4, 0.5) is 0 Å². The van der Waals surface area contributed by atoms with E-state index < -0.39 is 0 Å². The molecule has 1 fully saturated rings. The SMILES string of the molecule is I.c1ccc(CN=C(NCCc2ccco2)NCCN2CCOCC2)nc1. The van der Waals surface area contributed by atoms with Crippen LogP contribution in [0.3, 0.4) is 0 Å². The highest BCUT2D eigenvalue weighted by Crippen LogP contribution is 2.00. The van der Waals surface area contributed by atoms with Crippen molar-refractivity contribution in [2.45, 2.75) is 13.0 Å². The number of ether oxygens (including phenoxy) is 1. The summed E-state index contributed by atoms with van der Waals surface area (Å²) in [6.07, 6.45) is 4.31. The zero-order valence-electron chi connectivity index (χ0n) is 15.5. The summed E-state index contributed by atoms with van der Waals surface area (Å²) in [5.41, 5.74) is 0.952. The van der Waals surface area contributed by atoms with Crippen molar-refractivity contribution < 1.29 is 9.15 Å². The van der Waals surface area contributed by atoms with E-state index >= 15 is 0 Å². The molecule has 0 amide bonds. The van der Waals surface area contributed by atoms with Gasteiger partial charge >= 0.3 is 0 Å². The van der Waals surface area contributed by atoms with Crippen LogP contribution in [0.1, 0.15) is 11.5 Å². The Kier molecular flexibility index (Phi) is 10.2. The molecule has 1 aliphatic rings. The summed E-state index contributed by atoms with van der Waals surface area (Å²) < 4.78 is 10.8. The highest BCUT2D eigenvalue weighted by Gasteiger charge is 2.09. The fourth-order valence-corrected chi connectivity index (χ4v) is 2.74. The van der Waals surface area contributed by atoms with Crippen molar-refractivity contribution in [3.8, 4) is 0 Å². The largest absolute Gasteiger partial charge is 0.469 e. The van der Waals surface area contributed by atoms with Gasteiger partial charge in [0.05, 0.1) is 31.7 Å². The van der Waals surface area contributed by atoms with E-state index in [9.17, 15) is 0 Å². The number of aliphatic imine (C=N–C) groups is 1. The van der Waals surface area contributed by atoms with E-state index in [4.69, 9.17) is 9.15 Å². The zero-order chi connectivity index (χ0) is 17.9. The highest BCUT2D eigenvalue weighted by molar-refractivity contribution is 14.0. The van der Waals surface area contributed by atoms with Crippen LogP contribution in [0.15, 0.2) is 52.2 Å². The molecule has 3 rings (SSSR count). The third-order valence-corrected chi connectivity index (χ3v) is 4.19. The summed E-state index contributed by atoms with van der Waals surface area (Å²) in [4.78, 5) is 11.4. The third kappa shape index (κ3) is 8.27. The van der Waals surface area contributed by atoms with Gasteiger partial charge in [-0.25, -0.2) is 4.99 Å². The van der Waals surface area contributed by atoms with Crippen LogP contribution >= 0.6 is 24.0 Å². The van der Waals surface area contributed by atoms with Gasteiger partial charge in [-0.05, 0) is 24.3 Å². The standard InChI is InChI=1S/C19H27N5O2.HI/c1-2-7-20-17(4-1)16-23-19(21-8-6-18-5-3-13-26-18)22-9-10-24-11-14-25-15-12-24;/h1-5,7,13H,6,8-12,14-16H2,(H2,21,22,23);1H. The number of rotatable bonds is 8. The second-order valence-corrected chi connectivity index (χ2v) is 6.12. The van der Waals surface area contributed by atoms with E-state index in [1.54, 1.807) is 12.5 Å². The fourth-order valence-electron chi connectivity index (χ4n) is 2.74. The molecule has 0 bridgehead atoms. The van der Waals surface area contributed by atoms with Crippen molar-refractivity contribution in [1.29, 1.82) is 0 Å². The first kappa shape index (κ1) is 21.6. The van der Waals surface area contributed by atoms with Crippen LogP contribution in [-0.2, 0) is 17.7 Å². The van der Waals surface area contributed by atoms with Crippen LogP contribution in [0.25, 0.3) is 0 Å². The molecule has 27 heavy (non-hydrogen) atoms. The number of hydrogen-bond acceptors (Lipinski definition) is 5. The van der Waals surface area contributed by atoms with E-state index in [1.165, 1.54) is 0 Å². The minimum Gasteiger partial charge on any atom is -0.469 e. The molecular formula is C19H28IN5O2. The van der Waals surface area contributed by atoms with Crippen molar-refractivity contribution in [2.24, 2.45) is 4.99 Å². The lowest BCUT2D eigenvalue weighted by molar-refractivity contribution is 0.0389. The van der Waals surface area contributed by atoms with Gasteiger partial charge < -0.3 is 19.8 Å². The minimum atomic E-state index is 0. The Hall–Kier alpha value is -1.65. The van der Waals surface area contributed by atoms with Gasteiger partial charge in [0, 0.05) is 45.3 Å². The second-order valence-electron chi connectivity index (χ2n) is 6.12. The number of aromatic nitrogens is 1. The number of pyridine rings is 1. The minimum absolute atomic E-state index is 0. The topological polar surface area (TPSA) is 74.9 Å². The summed E-state index contributed by atoms with van der Waals surface area (Å²) >= 11 is 0. The van der Waals surface area contributed by atoms with Crippen LogP contribution in [0.5, 0.6) is 0 Å². The summed E-state index contributed by atoms with van der Waals surface area (Å²) in [6, 6.07) is 9.77. The van der Waals surface area contributed by atoms with Crippen molar-refractivity contribution in [3.05, 3.63) is 54.2 Å². The Labute approximate surface area is 177 Å². The molecule has 7 nitrogen and oxygen atoms in total. The Bertz CT molecular complexity index is 645. The molecule has 2 aromatic rings. The third-order valence-electron chi connectivity index (χ3n) is 4.19. The normalized spacial score (nSPS) is 15.2. The number of nitrogens with one attached hydrogen (secondary N) is 2. The molecule has 148 valence electrons. The molecule has 2 N–H and O–H groups in total. The molecule has 0 atom stereocenters. The van der Waals surface area contributed by atoms with E-state index in [2.05, 4.69) is 25.5 Å². The molecule has 3 heterocycles. The number of guanidine groups is 1. The lowest BCUT2D eigenvalue weighted by Crippen LogP contribution is -2.44. The second kappa shape index (κ2) is 12.7. The van der Waals surface area contributed by atoms with Crippen molar-refractivity contribution in [2.75, 3.05) is 45.9 Å². The maximum absolute atomic E-state index is 5.39. The highest BCUT2D eigenvalue weighted by atomic mass is 127. The number of nitrogens with zero attached hydrogens (tertiary/aromatic N) is 3. The molecule has 0 aliphatic carbocycles. The molecule has 0 unspecified atom stereocenters. The summed E-state index contributed by atoms with van der Waals surface area (Å²) in [7, 11) is 0.